The molecule has 0 aromatic heterocycles. The van der Waals surface area contributed by atoms with Crippen LogP contribution in [0.2, 0.25) is 5.02 Å². The summed E-state index contributed by atoms with van der Waals surface area (Å²) in [5, 5.41) is 8.60. The van der Waals surface area contributed by atoms with E-state index in [1.807, 2.05) is 12.1 Å². The number of halogens is 1. The minimum absolute atomic E-state index is 0.0923. The van der Waals surface area contributed by atoms with Crippen molar-refractivity contribution in [2.24, 2.45) is 16.1 Å². The average molecular weight is 369 g/mol. The first kappa shape index (κ1) is 18.0. The number of ketones is 1. The van der Waals surface area contributed by atoms with E-state index in [1.165, 1.54) is 7.11 Å². The smallest absolute Gasteiger partial charge is 0.354 e. The molecule has 0 fully saturated rings. The zero-order valence-corrected chi connectivity index (χ0v) is 15.1. The van der Waals surface area contributed by atoms with Gasteiger partial charge >= 0.3 is 5.97 Å². The first-order valence-corrected chi connectivity index (χ1v) is 8.45. The second-order valence-electron chi connectivity index (χ2n) is 5.96. The van der Waals surface area contributed by atoms with Crippen molar-refractivity contribution in [2.45, 2.75) is 12.8 Å². The van der Waals surface area contributed by atoms with Gasteiger partial charge in [-0.3, -0.25) is 4.79 Å². The largest absolute Gasteiger partial charge is 0.464 e. The number of Topliss-reactive ketones (excluding diaryl/α,β-unsaturated/α-hetero) is 1. The van der Waals surface area contributed by atoms with Crippen LogP contribution < -0.4 is 0 Å². The third-order valence-electron chi connectivity index (χ3n) is 4.34. The zero-order chi connectivity index (χ0) is 18.7. The number of benzene rings is 2. The summed E-state index contributed by atoms with van der Waals surface area (Å²) in [5.41, 5.74) is 1.89. The monoisotopic (exact) mass is 368 g/mol. The second-order valence-corrected chi connectivity index (χ2v) is 6.40. The Morgan fingerprint density at radius 1 is 1.04 bits per heavy atom. The third kappa shape index (κ3) is 3.44. The van der Waals surface area contributed by atoms with Gasteiger partial charge in [0.1, 0.15) is 0 Å². The van der Waals surface area contributed by atoms with E-state index in [-0.39, 0.29) is 11.5 Å². The summed E-state index contributed by atoms with van der Waals surface area (Å²) in [6.45, 7) is 1.74. The molecule has 1 aliphatic heterocycles. The quantitative estimate of drug-likeness (QED) is 0.606. The van der Waals surface area contributed by atoms with Gasteiger partial charge in [-0.1, -0.05) is 54.1 Å². The van der Waals surface area contributed by atoms with Crippen LogP contribution in [0.1, 0.15) is 28.8 Å². The maximum absolute atomic E-state index is 13.2. The van der Waals surface area contributed by atoms with Crippen molar-refractivity contribution in [1.29, 1.82) is 0 Å². The van der Waals surface area contributed by atoms with Gasteiger partial charge in [0, 0.05) is 16.3 Å². The first-order chi connectivity index (χ1) is 12.5. The van der Waals surface area contributed by atoms with Gasteiger partial charge in [-0.25, -0.2) is 4.79 Å². The molecule has 0 amide bonds. The molecule has 2 aromatic carbocycles. The lowest BCUT2D eigenvalue weighted by molar-refractivity contribution is -0.133. The molecule has 26 heavy (non-hydrogen) atoms. The van der Waals surface area contributed by atoms with Crippen molar-refractivity contribution in [1.82, 2.24) is 0 Å². The molecule has 3 rings (SSSR count). The minimum atomic E-state index is -0.664. The molecule has 0 spiro atoms. The average Bonchev–Trinajstić information content (AvgIpc) is 2.67. The van der Waals surface area contributed by atoms with E-state index >= 15 is 0 Å². The zero-order valence-electron chi connectivity index (χ0n) is 14.3. The molecule has 0 bridgehead atoms. The van der Waals surface area contributed by atoms with Gasteiger partial charge in [0.05, 0.1) is 18.9 Å². The Balaban J connectivity index is 2.13. The fourth-order valence-electron chi connectivity index (χ4n) is 3.10. The highest BCUT2D eigenvalue weighted by Crippen LogP contribution is 2.34. The lowest BCUT2D eigenvalue weighted by atomic mass is 9.75. The molecule has 5 nitrogen and oxygen atoms in total. The van der Waals surface area contributed by atoms with E-state index in [4.69, 9.17) is 16.3 Å². The summed E-state index contributed by atoms with van der Waals surface area (Å²) < 4.78 is 4.86. The number of carbonyl (C=O) groups excluding carboxylic acids is 2. The molecule has 2 atom stereocenters. The van der Waals surface area contributed by atoms with Crippen molar-refractivity contribution in [3.05, 3.63) is 70.7 Å². The Bertz CT molecular complexity index is 906. The van der Waals surface area contributed by atoms with Gasteiger partial charge in [0.15, 0.2) is 11.5 Å². The first-order valence-electron chi connectivity index (χ1n) is 8.08. The molecule has 0 aliphatic carbocycles. The summed E-state index contributed by atoms with van der Waals surface area (Å²) in [6, 6.07) is 16.0. The number of esters is 1. The molecule has 2 aromatic rings. The van der Waals surface area contributed by atoms with Gasteiger partial charge < -0.3 is 4.74 Å². The molecule has 0 N–H and O–H groups in total. The van der Waals surface area contributed by atoms with Crippen molar-refractivity contribution < 1.29 is 14.3 Å². The molecular weight excluding hydrogens is 352 g/mol. The SMILES string of the molecule is COC(=O)C1=NN=C(C)C(C(=O)c2ccccc2)C1c1cccc(Cl)c1. The molecule has 132 valence electrons. The number of hydrogen-bond donors (Lipinski definition) is 0. The summed E-state index contributed by atoms with van der Waals surface area (Å²) in [7, 11) is 1.28. The van der Waals surface area contributed by atoms with Crippen LogP contribution in [0.3, 0.4) is 0 Å². The van der Waals surface area contributed by atoms with E-state index < -0.39 is 17.8 Å². The summed E-state index contributed by atoms with van der Waals surface area (Å²) in [6.07, 6.45) is 0. The van der Waals surface area contributed by atoms with E-state index in [2.05, 4.69) is 10.2 Å². The van der Waals surface area contributed by atoms with Crippen molar-refractivity contribution >= 4 is 34.8 Å². The third-order valence-corrected chi connectivity index (χ3v) is 4.57. The normalized spacial score (nSPS) is 19.3. The van der Waals surface area contributed by atoms with Gasteiger partial charge in [-0.2, -0.15) is 5.10 Å². The van der Waals surface area contributed by atoms with Gasteiger partial charge in [-0.05, 0) is 24.6 Å². The van der Waals surface area contributed by atoms with Crippen LogP contribution >= 0.6 is 11.6 Å². The minimum Gasteiger partial charge on any atom is -0.464 e. The van der Waals surface area contributed by atoms with Crippen LogP contribution in [0, 0.1) is 5.92 Å². The van der Waals surface area contributed by atoms with Crippen LogP contribution in [0.4, 0.5) is 0 Å². The predicted octanol–water partition coefficient (Wildman–Crippen LogP) is 3.93. The van der Waals surface area contributed by atoms with Crippen LogP contribution in [-0.4, -0.2) is 30.3 Å². The van der Waals surface area contributed by atoms with E-state index in [0.29, 0.717) is 21.9 Å². The van der Waals surface area contributed by atoms with Gasteiger partial charge in [0.2, 0.25) is 0 Å². The molecule has 0 saturated heterocycles. The van der Waals surface area contributed by atoms with Crippen molar-refractivity contribution in [3.63, 3.8) is 0 Å². The topological polar surface area (TPSA) is 68.1 Å². The predicted molar refractivity (Wildman–Crippen MR) is 101 cm³/mol. The molecule has 0 saturated carbocycles. The number of nitrogens with zero attached hydrogens (tertiary/aromatic N) is 2. The number of rotatable bonds is 4. The fourth-order valence-corrected chi connectivity index (χ4v) is 3.30. The highest BCUT2D eigenvalue weighted by molar-refractivity contribution is 6.41. The van der Waals surface area contributed by atoms with Crippen LogP contribution in [-0.2, 0) is 9.53 Å². The lowest BCUT2D eigenvalue weighted by Crippen LogP contribution is -2.39. The second kappa shape index (κ2) is 7.62. The number of methoxy groups -OCH3 is 1. The van der Waals surface area contributed by atoms with Crippen molar-refractivity contribution in [2.75, 3.05) is 7.11 Å². The van der Waals surface area contributed by atoms with Gasteiger partial charge in [0.25, 0.3) is 0 Å². The van der Waals surface area contributed by atoms with Crippen LogP contribution in [0.15, 0.2) is 64.8 Å². The highest BCUT2D eigenvalue weighted by Gasteiger charge is 2.41. The standard InChI is InChI=1S/C20H17ClN2O3/c1-12-16(19(24)13-7-4-3-5-8-13)17(14-9-6-10-15(21)11-14)18(23-22-12)20(25)26-2/h3-11,16-17H,1-2H3. The molecule has 6 heteroatoms. The molecular formula is C20H17ClN2O3. The summed E-state index contributed by atoms with van der Waals surface area (Å²) in [5.74, 6) is -2.03. The highest BCUT2D eigenvalue weighted by atomic mass is 35.5. The number of ether oxygens (including phenoxy) is 1. The Kier molecular flexibility index (Phi) is 5.28. The Labute approximate surface area is 156 Å². The Morgan fingerprint density at radius 2 is 1.77 bits per heavy atom. The van der Waals surface area contributed by atoms with E-state index in [9.17, 15) is 9.59 Å². The molecule has 2 unspecified atom stereocenters. The molecule has 0 radical (unpaired) electrons. The van der Waals surface area contributed by atoms with Crippen molar-refractivity contribution in [3.8, 4) is 0 Å². The maximum Gasteiger partial charge on any atom is 0.354 e. The van der Waals surface area contributed by atoms with Gasteiger partial charge in [-0.15, -0.1) is 5.10 Å². The fraction of sp³-hybridized carbons (Fsp3) is 0.200. The number of carbonyl (C=O) groups is 2. The molecule has 1 heterocycles. The van der Waals surface area contributed by atoms with Crippen LogP contribution in [0.5, 0.6) is 0 Å². The summed E-state index contributed by atoms with van der Waals surface area (Å²) in [4.78, 5) is 25.5. The number of hydrogen-bond acceptors (Lipinski definition) is 5. The molecule has 1 aliphatic rings. The van der Waals surface area contributed by atoms with E-state index in [0.717, 1.165) is 0 Å². The van der Waals surface area contributed by atoms with E-state index in [1.54, 1.807) is 49.4 Å². The lowest BCUT2D eigenvalue weighted by Gasteiger charge is -2.29. The Morgan fingerprint density at radius 3 is 2.42 bits per heavy atom. The Hall–Kier alpha value is -2.79. The summed E-state index contributed by atoms with van der Waals surface area (Å²) >= 11 is 6.13. The van der Waals surface area contributed by atoms with Crippen LogP contribution in [0.25, 0.3) is 0 Å². The maximum atomic E-state index is 13.2.